The van der Waals surface area contributed by atoms with Gasteiger partial charge in [0.25, 0.3) is 0 Å². The van der Waals surface area contributed by atoms with Gasteiger partial charge in [0.1, 0.15) is 11.1 Å². The van der Waals surface area contributed by atoms with E-state index in [9.17, 15) is 19.6 Å². The number of aromatic amines is 1. The largest absolute Gasteiger partial charge is 0.348 e. The number of piperidine rings is 1. The first kappa shape index (κ1) is 22.5. The van der Waals surface area contributed by atoms with E-state index in [0.29, 0.717) is 49.4 Å². The van der Waals surface area contributed by atoms with Gasteiger partial charge in [0.05, 0.1) is 23.0 Å². The third-order valence-corrected chi connectivity index (χ3v) is 7.83. The van der Waals surface area contributed by atoms with E-state index in [-0.39, 0.29) is 23.7 Å². The molecule has 3 amide bonds. The topological polar surface area (TPSA) is 149 Å². The van der Waals surface area contributed by atoms with Crippen molar-refractivity contribution in [3.05, 3.63) is 18.5 Å². The zero-order valence-corrected chi connectivity index (χ0v) is 20.1. The fraction of sp³-hybridized carbons (Fsp3) is 0.520. The van der Waals surface area contributed by atoms with Crippen LogP contribution in [0.5, 0.6) is 0 Å². The summed E-state index contributed by atoms with van der Waals surface area (Å²) in [4.78, 5) is 47.5. The van der Waals surface area contributed by atoms with Crippen molar-refractivity contribution >= 4 is 45.5 Å². The van der Waals surface area contributed by atoms with Gasteiger partial charge in [-0.15, -0.1) is 0 Å². The molecule has 186 valence electrons. The van der Waals surface area contributed by atoms with E-state index in [1.54, 1.807) is 17.3 Å². The number of rotatable bonds is 5. The summed E-state index contributed by atoms with van der Waals surface area (Å²) in [6.07, 6.45) is 7.57. The highest BCUT2D eigenvalue weighted by atomic mass is 16.2. The summed E-state index contributed by atoms with van der Waals surface area (Å²) in [7, 11) is 0. The van der Waals surface area contributed by atoms with E-state index in [0.717, 1.165) is 30.2 Å². The third kappa shape index (κ3) is 3.77. The van der Waals surface area contributed by atoms with Crippen molar-refractivity contribution in [2.75, 3.05) is 25.0 Å². The van der Waals surface area contributed by atoms with Crippen LogP contribution in [-0.2, 0) is 14.4 Å². The molecule has 3 aromatic rings. The first-order chi connectivity index (χ1) is 17.4. The molecule has 3 fully saturated rings. The second kappa shape index (κ2) is 8.33. The Kier molecular flexibility index (Phi) is 5.21. The molecule has 0 aromatic carbocycles. The van der Waals surface area contributed by atoms with Crippen molar-refractivity contribution in [1.29, 1.82) is 5.26 Å². The third-order valence-electron chi connectivity index (χ3n) is 7.83. The fourth-order valence-electron chi connectivity index (χ4n) is 5.11. The molecule has 1 saturated heterocycles. The van der Waals surface area contributed by atoms with Crippen LogP contribution in [0.3, 0.4) is 0 Å². The van der Waals surface area contributed by atoms with Gasteiger partial charge >= 0.3 is 11.8 Å². The van der Waals surface area contributed by atoms with E-state index >= 15 is 0 Å². The quantitative estimate of drug-likeness (QED) is 0.468. The van der Waals surface area contributed by atoms with Gasteiger partial charge in [-0.05, 0) is 50.0 Å². The van der Waals surface area contributed by atoms with Crippen molar-refractivity contribution in [3.63, 3.8) is 0 Å². The molecule has 0 bridgehead atoms. The SMILES string of the molecule is C[C@@H]1CCN(C(=O)C2(C#N)CC2)C[C@@H]1n1nc(NC(=O)C(=O)NCC2CC2)c2cnc3[nH]ccc3c21. The van der Waals surface area contributed by atoms with Crippen LogP contribution < -0.4 is 10.6 Å². The predicted octanol–water partition coefficient (Wildman–Crippen LogP) is 2.09. The van der Waals surface area contributed by atoms with Crippen LogP contribution >= 0.6 is 0 Å². The van der Waals surface area contributed by atoms with Gasteiger partial charge in [0.15, 0.2) is 5.82 Å². The number of fused-ring (bicyclic) bond motifs is 3. The molecule has 6 rings (SSSR count). The minimum atomic E-state index is -0.873. The number of H-pyrrole nitrogens is 1. The first-order valence-corrected chi connectivity index (χ1v) is 12.5. The lowest BCUT2D eigenvalue weighted by Crippen LogP contribution is -2.46. The van der Waals surface area contributed by atoms with Gasteiger partial charge in [-0.25, -0.2) is 4.98 Å². The Morgan fingerprint density at radius 1 is 1.22 bits per heavy atom. The summed E-state index contributed by atoms with van der Waals surface area (Å²) in [5, 5.41) is 21.1. The van der Waals surface area contributed by atoms with Gasteiger partial charge in [0.2, 0.25) is 5.91 Å². The highest BCUT2D eigenvalue weighted by Gasteiger charge is 2.53. The maximum Gasteiger partial charge on any atom is 0.314 e. The summed E-state index contributed by atoms with van der Waals surface area (Å²) in [5.74, 6) is -0.640. The Labute approximate surface area is 207 Å². The van der Waals surface area contributed by atoms with Gasteiger partial charge in [-0.1, -0.05) is 6.92 Å². The number of nitrogens with one attached hydrogen (secondary N) is 3. The summed E-state index contributed by atoms with van der Waals surface area (Å²) >= 11 is 0. The normalized spacial score (nSPS) is 22.8. The van der Waals surface area contributed by atoms with Gasteiger partial charge in [-0.2, -0.15) is 10.4 Å². The highest BCUT2D eigenvalue weighted by Crippen LogP contribution is 2.47. The lowest BCUT2D eigenvalue weighted by molar-refractivity contribution is -0.137. The summed E-state index contributed by atoms with van der Waals surface area (Å²) in [5.41, 5.74) is 0.589. The highest BCUT2D eigenvalue weighted by molar-refractivity contribution is 6.40. The Morgan fingerprint density at radius 3 is 2.75 bits per heavy atom. The molecule has 1 aliphatic heterocycles. The van der Waals surface area contributed by atoms with Crippen molar-refractivity contribution in [1.82, 2.24) is 30.0 Å². The second-order valence-corrected chi connectivity index (χ2v) is 10.4. The molecular weight excluding hydrogens is 460 g/mol. The molecule has 2 aliphatic carbocycles. The molecule has 2 atom stereocenters. The lowest BCUT2D eigenvalue weighted by atomic mass is 9.92. The number of pyridine rings is 1. The second-order valence-electron chi connectivity index (χ2n) is 10.4. The van der Waals surface area contributed by atoms with Gasteiger partial charge in [-0.3, -0.25) is 19.1 Å². The van der Waals surface area contributed by atoms with Crippen LogP contribution in [0.1, 0.15) is 45.1 Å². The van der Waals surface area contributed by atoms with Crippen LogP contribution in [0.4, 0.5) is 5.82 Å². The van der Waals surface area contributed by atoms with E-state index in [1.165, 1.54) is 0 Å². The number of carbonyl (C=O) groups excluding carboxylic acids is 3. The summed E-state index contributed by atoms with van der Waals surface area (Å²) in [6.45, 7) is 3.64. The maximum atomic E-state index is 13.1. The summed E-state index contributed by atoms with van der Waals surface area (Å²) in [6, 6.07) is 3.94. The summed E-state index contributed by atoms with van der Waals surface area (Å²) < 4.78 is 1.86. The lowest BCUT2D eigenvalue weighted by Gasteiger charge is -2.38. The Morgan fingerprint density at radius 2 is 2.03 bits per heavy atom. The monoisotopic (exact) mass is 488 g/mol. The number of aromatic nitrogens is 4. The van der Waals surface area contributed by atoms with Crippen molar-refractivity contribution in [2.45, 2.75) is 45.1 Å². The molecule has 2 saturated carbocycles. The van der Waals surface area contributed by atoms with Crippen molar-refractivity contribution in [3.8, 4) is 6.07 Å². The Balaban J connectivity index is 1.34. The number of anilines is 1. The van der Waals surface area contributed by atoms with Crippen LogP contribution in [0.15, 0.2) is 18.5 Å². The number of carbonyl (C=O) groups is 3. The average molecular weight is 489 g/mol. The number of nitrogens with zero attached hydrogens (tertiary/aromatic N) is 5. The van der Waals surface area contributed by atoms with E-state index in [1.807, 2.05) is 10.7 Å². The number of hydrogen-bond donors (Lipinski definition) is 3. The number of nitriles is 1. The van der Waals surface area contributed by atoms with Crippen molar-refractivity contribution < 1.29 is 14.4 Å². The molecular formula is C25H28N8O3. The van der Waals surface area contributed by atoms with E-state index < -0.39 is 17.2 Å². The average Bonchev–Trinajstić information content (AvgIpc) is 3.80. The maximum absolute atomic E-state index is 13.1. The minimum Gasteiger partial charge on any atom is -0.348 e. The van der Waals surface area contributed by atoms with E-state index in [4.69, 9.17) is 5.10 Å². The van der Waals surface area contributed by atoms with Crippen LogP contribution in [-0.4, -0.2) is 62.0 Å². The predicted molar refractivity (Wildman–Crippen MR) is 130 cm³/mol. The standard InChI is InChI=1S/C25H28N8O3/c1-14-5-9-32(24(36)25(13-26)6-7-25)12-18(14)33-19-16-4-8-27-20(16)28-11-17(19)21(31-33)30-23(35)22(34)29-10-15-2-3-15/h4,8,11,14-15,18H,2-3,5-7,9-10,12H2,1H3,(H,27,28)(H,29,34)(H,30,31,35)/t14-,18+/m1/s1. The van der Waals surface area contributed by atoms with Crippen LogP contribution in [0, 0.1) is 28.6 Å². The molecule has 36 heavy (non-hydrogen) atoms. The van der Waals surface area contributed by atoms with Crippen LogP contribution in [0.25, 0.3) is 21.9 Å². The number of amides is 3. The first-order valence-electron chi connectivity index (χ1n) is 12.5. The molecule has 3 aromatic heterocycles. The molecule has 0 radical (unpaired) electrons. The smallest absolute Gasteiger partial charge is 0.314 e. The Hall–Kier alpha value is -3.94. The van der Waals surface area contributed by atoms with Crippen molar-refractivity contribution in [2.24, 2.45) is 17.3 Å². The van der Waals surface area contributed by atoms with E-state index in [2.05, 4.69) is 33.6 Å². The molecule has 3 aliphatic rings. The minimum absolute atomic E-state index is 0.104. The number of hydrogen-bond acceptors (Lipinski definition) is 6. The zero-order valence-electron chi connectivity index (χ0n) is 20.1. The zero-order chi connectivity index (χ0) is 25.0. The van der Waals surface area contributed by atoms with Gasteiger partial charge in [0, 0.05) is 37.4 Å². The molecule has 0 unspecified atom stereocenters. The molecule has 4 heterocycles. The number of likely N-dealkylation sites (tertiary alicyclic amines) is 1. The molecule has 11 nitrogen and oxygen atoms in total. The molecule has 0 spiro atoms. The van der Waals surface area contributed by atoms with Crippen LogP contribution in [0.2, 0.25) is 0 Å². The molecule has 3 N–H and O–H groups in total. The molecule has 11 heteroatoms. The fourth-order valence-corrected chi connectivity index (χ4v) is 5.11. The van der Waals surface area contributed by atoms with Gasteiger partial charge < -0.3 is 20.5 Å². The Bertz CT molecular complexity index is 1420.